The molecule has 1 aromatic rings. The molecule has 1 N–H and O–H groups in total. The van der Waals surface area contributed by atoms with E-state index in [2.05, 4.69) is 0 Å². The van der Waals surface area contributed by atoms with Crippen molar-refractivity contribution >= 4 is 5.97 Å². The van der Waals surface area contributed by atoms with Crippen LogP contribution in [-0.2, 0) is 11.3 Å². The van der Waals surface area contributed by atoms with Crippen LogP contribution in [-0.4, -0.2) is 28.1 Å². The van der Waals surface area contributed by atoms with Gasteiger partial charge < -0.3 is 5.11 Å². The topological polar surface area (TPSA) is 40.5 Å². The van der Waals surface area contributed by atoms with Crippen molar-refractivity contribution in [1.82, 2.24) is 4.90 Å². The van der Waals surface area contributed by atoms with Crippen LogP contribution in [0.3, 0.4) is 0 Å². The second kappa shape index (κ2) is 5.87. The zero-order valence-electron chi connectivity index (χ0n) is 11.5. The number of benzene rings is 1. The van der Waals surface area contributed by atoms with Gasteiger partial charge in [-0.05, 0) is 37.4 Å². The minimum atomic E-state index is -2.50. The Kier molecular flexibility index (Phi) is 4.38. The van der Waals surface area contributed by atoms with E-state index in [9.17, 15) is 18.7 Å². The summed E-state index contributed by atoms with van der Waals surface area (Å²) in [7, 11) is 0. The highest BCUT2D eigenvalue weighted by Gasteiger charge is 2.45. The van der Waals surface area contributed by atoms with Gasteiger partial charge in [0.1, 0.15) is 5.54 Å². The van der Waals surface area contributed by atoms with Gasteiger partial charge in [0, 0.05) is 12.1 Å². The highest BCUT2D eigenvalue weighted by molar-refractivity contribution is 5.79. The summed E-state index contributed by atoms with van der Waals surface area (Å²) in [6.45, 7) is 2.96. The Morgan fingerprint density at radius 2 is 2.25 bits per heavy atom. The van der Waals surface area contributed by atoms with Crippen molar-refractivity contribution in [3.05, 3.63) is 35.4 Å². The maximum Gasteiger partial charge on any atom is 0.324 e. The Balaban J connectivity index is 2.20. The molecular formula is C15H19F2NO2. The van der Waals surface area contributed by atoms with Gasteiger partial charge in [0.2, 0.25) is 0 Å². The molecule has 0 amide bonds. The monoisotopic (exact) mass is 283 g/mol. The molecule has 110 valence electrons. The normalized spacial score (nSPS) is 23.4. The van der Waals surface area contributed by atoms with E-state index in [1.165, 1.54) is 12.1 Å². The molecule has 1 unspecified atom stereocenters. The van der Waals surface area contributed by atoms with Crippen LogP contribution in [0, 0.1) is 0 Å². The van der Waals surface area contributed by atoms with E-state index < -0.39 is 17.9 Å². The van der Waals surface area contributed by atoms with Crippen LogP contribution < -0.4 is 0 Å². The predicted molar refractivity (Wildman–Crippen MR) is 71.7 cm³/mol. The smallest absolute Gasteiger partial charge is 0.324 e. The minimum Gasteiger partial charge on any atom is -0.480 e. The number of nitrogens with zero attached hydrogens (tertiary/aromatic N) is 1. The first-order chi connectivity index (χ1) is 9.49. The first kappa shape index (κ1) is 14.9. The molecular weight excluding hydrogens is 264 g/mol. The highest BCUT2D eigenvalue weighted by atomic mass is 19.3. The van der Waals surface area contributed by atoms with Crippen molar-refractivity contribution in [2.45, 2.75) is 44.7 Å². The maximum atomic E-state index is 12.7. The van der Waals surface area contributed by atoms with E-state index >= 15 is 0 Å². The lowest BCUT2D eigenvalue weighted by Gasteiger charge is -2.34. The zero-order valence-corrected chi connectivity index (χ0v) is 11.5. The second-order valence-corrected chi connectivity index (χ2v) is 5.26. The van der Waals surface area contributed by atoms with E-state index in [1.807, 2.05) is 11.8 Å². The summed E-state index contributed by atoms with van der Waals surface area (Å²) in [4.78, 5) is 13.5. The van der Waals surface area contributed by atoms with Crippen LogP contribution in [0.2, 0.25) is 0 Å². The lowest BCUT2D eigenvalue weighted by atomic mass is 9.92. The number of rotatable bonds is 5. The van der Waals surface area contributed by atoms with Crippen molar-refractivity contribution < 1.29 is 18.7 Å². The summed E-state index contributed by atoms with van der Waals surface area (Å²) in [6, 6.07) is 6.22. The van der Waals surface area contributed by atoms with Crippen molar-refractivity contribution in [2.24, 2.45) is 0 Å². The maximum absolute atomic E-state index is 12.7. The van der Waals surface area contributed by atoms with Gasteiger partial charge in [-0.1, -0.05) is 25.1 Å². The Morgan fingerprint density at radius 3 is 2.85 bits per heavy atom. The van der Waals surface area contributed by atoms with Gasteiger partial charge in [-0.2, -0.15) is 0 Å². The lowest BCUT2D eigenvalue weighted by Crippen LogP contribution is -2.49. The molecule has 1 atom stereocenters. The lowest BCUT2D eigenvalue weighted by molar-refractivity contribution is -0.150. The van der Waals surface area contributed by atoms with E-state index in [4.69, 9.17) is 0 Å². The molecule has 0 aliphatic carbocycles. The third kappa shape index (κ3) is 2.68. The Morgan fingerprint density at radius 1 is 1.50 bits per heavy atom. The first-order valence-corrected chi connectivity index (χ1v) is 6.85. The molecule has 20 heavy (non-hydrogen) atoms. The van der Waals surface area contributed by atoms with Gasteiger partial charge in [-0.15, -0.1) is 0 Å². The van der Waals surface area contributed by atoms with Crippen molar-refractivity contribution in [3.63, 3.8) is 0 Å². The number of hydrogen-bond donors (Lipinski definition) is 1. The van der Waals surface area contributed by atoms with Crippen molar-refractivity contribution in [2.75, 3.05) is 6.54 Å². The number of alkyl halides is 2. The van der Waals surface area contributed by atoms with Crippen LogP contribution in [0.15, 0.2) is 24.3 Å². The van der Waals surface area contributed by atoms with Gasteiger partial charge in [0.25, 0.3) is 6.43 Å². The number of likely N-dealkylation sites (tertiary alicyclic amines) is 1. The van der Waals surface area contributed by atoms with Crippen LogP contribution in [0.25, 0.3) is 0 Å². The standard InChI is InChI=1S/C15H19F2NO2/c1-2-15(14(19)20)7-4-8-18(15)10-11-5-3-6-12(9-11)13(16)17/h3,5-6,9,13H,2,4,7-8,10H2,1H3,(H,19,20). The molecule has 1 aromatic carbocycles. The molecule has 1 aliphatic heterocycles. The number of aliphatic carboxylic acids is 1. The SMILES string of the molecule is CCC1(C(=O)O)CCCN1Cc1cccc(C(F)F)c1. The molecule has 1 fully saturated rings. The van der Waals surface area contributed by atoms with E-state index in [0.29, 0.717) is 25.9 Å². The van der Waals surface area contributed by atoms with Crippen LogP contribution in [0.4, 0.5) is 8.78 Å². The van der Waals surface area contributed by atoms with E-state index in [0.717, 1.165) is 12.0 Å². The van der Waals surface area contributed by atoms with Crippen molar-refractivity contribution in [3.8, 4) is 0 Å². The van der Waals surface area contributed by atoms with Gasteiger partial charge in [0.05, 0.1) is 0 Å². The summed E-state index contributed by atoms with van der Waals surface area (Å²) >= 11 is 0. The summed E-state index contributed by atoms with van der Waals surface area (Å²) in [5.41, 5.74) is -0.121. The second-order valence-electron chi connectivity index (χ2n) is 5.26. The van der Waals surface area contributed by atoms with Crippen molar-refractivity contribution in [1.29, 1.82) is 0 Å². The van der Waals surface area contributed by atoms with Crippen LogP contribution in [0.1, 0.15) is 43.7 Å². The molecule has 3 nitrogen and oxygen atoms in total. The van der Waals surface area contributed by atoms with Gasteiger partial charge in [-0.3, -0.25) is 9.69 Å². The molecule has 2 rings (SSSR count). The number of carboxylic acid groups (broad SMARTS) is 1. The first-order valence-electron chi connectivity index (χ1n) is 6.85. The highest BCUT2D eigenvalue weighted by Crippen LogP contribution is 2.34. The van der Waals surface area contributed by atoms with Crippen LogP contribution >= 0.6 is 0 Å². The van der Waals surface area contributed by atoms with Gasteiger partial charge in [0.15, 0.2) is 0 Å². The number of hydrogen-bond acceptors (Lipinski definition) is 2. The largest absolute Gasteiger partial charge is 0.480 e. The van der Waals surface area contributed by atoms with Gasteiger partial charge in [-0.25, -0.2) is 8.78 Å². The molecule has 0 spiro atoms. The molecule has 5 heteroatoms. The average Bonchev–Trinajstić information content (AvgIpc) is 2.83. The van der Waals surface area contributed by atoms with E-state index in [-0.39, 0.29) is 5.56 Å². The number of carboxylic acids is 1. The summed E-state index contributed by atoms with van der Waals surface area (Å²) in [6.07, 6.45) is -0.525. The molecule has 0 saturated carbocycles. The predicted octanol–water partition coefficient (Wildman–Crippen LogP) is 3.45. The fourth-order valence-electron chi connectivity index (χ4n) is 3.01. The summed E-state index contributed by atoms with van der Waals surface area (Å²) in [5, 5.41) is 9.49. The van der Waals surface area contributed by atoms with Crippen LogP contribution in [0.5, 0.6) is 0 Å². The third-order valence-electron chi connectivity index (χ3n) is 4.18. The fourth-order valence-corrected chi connectivity index (χ4v) is 3.01. The third-order valence-corrected chi connectivity index (χ3v) is 4.18. The molecule has 1 saturated heterocycles. The molecule has 0 radical (unpaired) electrons. The Labute approximate surface area is 117 Å². The average molecular weight is 283 g/mol. The van der Waals surface area contributed by atoms with E-state index in [1.54, 1.807) is 12.1 Å². The summed E-state index contributed by atoms with van der Waals surface area (Å²) in [5.74, 6) is -0.817. The Hall–Kier alpha value is -1.49. The fraction of sp³-hybridized carbons (Fsp3) is 0.533. The minimum absolute atomic E-state index is 0.0147. The molecule has 1 aliphatic rings. The number of halogens is 2. The molecule has 1 heterocycles. The molecule has 0 bridgehead atoms. The quantitative estimate of drug-likeness (QED) is 0.899. The zero-order chi connectivity index (χ0) is 14.8. The van der Waals surface area contributed by atoms with Gasteiger partial charge >= 0.3 is 5.97 Å². The Bertz CT molecular complexity index is 493. The molecule has 0 aromatic heterocycles. The number of carbonyl (C=O) groups is 1. The summed E-state index contributed by atoms with van der Waals surface area (Å²) < 4.78 is 25.4.